The molecule has 3 aromatic carbocycles. The number of aromatic amines is 1. The summed E-state index contributed by atoms with van der Waals surface area (Å²) >= 11 is 12.7. The molecule has 2 amide bonds. The summed E-state index contributed by atoms with van der Waals surface area (Å²) in [5, 5.41) is 6.97. The van der Waals surface area contributed by atoms with Crippen molar-refractivity contribution in [1.82, 2.24) is 24.8 Å². The Labute approximate surface area is 306 Å². The van der Waals surface area contributed by atoms with Gasteiger partial charge in [0.1, 0.15) is 5.69 Å². The van der Waals surface area contributed by atoms with Crippen LogP contribution >= 0.6 is 23.2 Å². The van der Waals surface area contributed by atoms with Crippen LogP contribution in [0.5, 0.6) is 0 Å². The minimum atomic E-state index is -4.95. The fourth-order valence-electron chi connectivity index (χ4n) is 6.63. The van der Waals surface area contributed by atoms with Gasteiger partial charge in [0.15, 0.2) is 5.82 Å². The second-order valence-electron chi connectivity index (χ2n) is 12.6. The number of benzene rings is 3. The van der Waals surface area contributed by atoms with Crippen molar-refractivity contribution in [3.63, 3.8) is 0 Å². The molecule has 0 saturated carbocycles. The van der Waals surface area contributed by atoms with Gasteiger partial charge in [-0.1, -0.05) is 71.7 Å². The van der Waals surface area contributed by atoms with E-state index in [2.05, 4.69) is 20.6 Å². The van der Waals surface area contributed by atoms with Crippen LogP contribution in [-0.4, -0.2) is 56.6 Å². The number of rotatable bonds is 8. The number of piperidine rings is 1. The number of hydrogen-bond acceptors (Lipinski definition) is 5. The summed E-state index contributed by atoms with van der Waals surface area (Å²) in [7, 11) is 0. The Morgan fingerprint density at radius 3 is 2.35 bits per heavy atom. The monoisotopic (exact) mass is 745 g/mol. The SMILES string of the molecule is C[C@@H](c1ccc(Cl)cc1)n1cnc(-c2ccccc2)c1-c1c(C(=O)Nc2cccnc2N2CCC(NC(=O)C(F)(F)F)CC2)[nH]c2cc(Cl)ccc12. The molecule has 1 aliphatic heterocycles. The zero-order valence-electron chi connectivity index (χ0n) is 27.7. The van der Waals surface area contributed by atoms with Crippen molar-refractivity contribution in [2.75, 3.05) is 23.3 Å². The number of hydrogen-bond donors (Lipinski definition) is 3. The molecule has 0 aliphatic carbocycles. The van der Waals surface area contributed by atoms with Gasteiger partial charge in [0.25, 0.3) is 5.91 Å². The maximum absolute atomic E-state index is 14.5. The minimum Gasteiger partial charge on any atom is -0.355 e. The van der Waals surface area contributed by atoms with E-state index in [1.54, 1.807) is 36.8 Å². The molecule has 14 heteroatoms. The van der Waals surface area contributed by atoms with E-state index in [0.717, 1.165) is 16.5 Å². The first-order valence-corrected chi connectivity index (χ1v) is 17.3. The topological polar surface area (TPSA) is 108 Å². The number of aromatic nitrogens is 4. The van der Waals surface area contributed by atoms with E-state index < -0.39 is 24.0 Å². The number of nitrogens with zero attached hydrogens (tertiary/aromatic N) is 4. The predicted octanol–water partition coefficient (Wildman–Crippen LogP) is 8.91. The summed E-state index contributed by atoms with van der Waals surface area (Å²) in [4.78, 5) is 40.6. The van der Waals surface area contributed by atoms with Gasteiger partial charge in [0.2, 0.25) is 0 Å². The highest BCUT2D eigenvalue weighted by molar-refractivity contribution is 6.31. The Bertz CT molecular complexity index is 2250. The normalized spacial score (nSPS) is 14.4. The van der Waals surface area contributed by atoms with E-state index in [1.165, 1.54) is 0 Å². The van der Waals surface area contributed by atoms with Crippen molar-refractivity contribution in [1.29, 1.82) is 0 Å². The fourth-order valence-corrected chi connectivity index (χ4v) is 6.93. The molecule has 1 saturated heterocycles. The molecule has 7 rings (SSSR count). The molecule has 4 heterocycles. The molecule has 1 atom stereocenters. The smallest absolute Gasteiger partial charge is 0.355 e. The summed E-state index contributed by atoms with van der Waals surface area (Å²) in [5.41, 5.74) is 5.18. The summed E-state index contributed by atoms with van der Waals surface area (Å²) in [6.07, 6.45) is -1.04. The van der Waals surface area contributed by atoms with Gasteiger partial charge in [-0.3, -0.25) is 9.59 Å². The molecular formula is C38H32Cl2F3N7O2. The number of amides is 2. The number of imidazole rings is 1. The molecule has 3 aromatic heterocycles. The maximum Gasteiger partial charge on any atom is 0.471 e. The summed E-state index contributed by atoms with van der Waals surface area (Å²) in [6.45, 7) is 2.69. The first kappa shape index (κ1) is 35.1. The van der Waals surface area contributed by atoms with E-state index in [1.807, 2.05) is 77.1 Å². The van der Waals surface area contributed by atoms with Crippen molar-refractivity contribution < 1.29 is 22.8 Å². The molecule has 266 valence electrons. The van der Waals surface area contributed by atoms with E-state index in [9.17, 15) is 22.8 Å². The molecule has 3 N–H and O–H groups in total. The third kappa shape index (κ3) is 7.08. The Kier molecular flexibility index (Phi) is 9.69. The van der Waals surface area contributed by atoms with Crippen LogP contribution in [-0.2, 0) is 4.79 Å². The largest absolute Gasteiger partial charge is 0.471 e. The lowest BCUT2D eigenvalue weighted by Gasteiger charge is -2.34. The minimum absolute atomic E-state index is 0.209. The number of carbonyl (C=O) groups excluding carboxylic acids is 2. The molecule has 0 unspecified atom stereocenters. The van der Waals surface area contributed by atoms with E-state index in [-0.39, 0.29) is 24.6 Å². The van der Waals surface area contributed by atoms with Crippen molar-refractivity contribution >= 4 is 57.4 Å². The Morgan fingerprint density at radius 2 is 1.63 bits per heavy atom. The number of H-pyrrole nitrogens is 1. The van der Waals surface area contributed by atoms with Crippen LogP contribution in [0.4, 0.5) is 24.7 Å². The summed E-state index contributed by atoms with van der Waals surface area (Å²) < 4.78 is 40.5. The molecule has 1 aliphatic rings. The van der Waals surface area contributed by atoms with Gasteiger partial charge in [0, 0.05) is 57.4 Å². The quantitative estimate of drug-likeness (QED) is 0.144. The molecule has 0 bridgehead atoms. The number of pyridine rings is 1. The average molecular weight is 747 g/mol. The molecule has 6 aromatic rings. The van der Waals surface area contributed by atoms with Crippen LogP contribution < -0.4 is 15.5 Å². The number of nitrogens with one attached hydrogen (secondary N) is 3. The predicted molar refractivity (Wildman–Crippen MR) is 197 cm³/mol. The highest BCUT2D eigenvalue weighted by Crippen LogP contribution is 2.42. The van der Waals surface area contributed by atoms with Crippen LogP contribution in [0, 0.1) is 0 Å². The lowest BCUT2D eigenvalue weighted by Crippen LogP contribution is -2.48. The van der Waals surface area contributed by atoms with Crippen molar-refractivity contribution in [2.24, 2.45) is 0 Å². The van der Waals surface area contributed by atoms with Gasteiger partial charge >= 0.3 is 12.1 Å². The standard InChI is InChI=1S/C38H32Cl2F3N7O2/c1-22(23-9-11-25(39)12-10-23)50-21-45-32(24-6-3-2-4-7-24)34(50)31-28-14-13-26(40)20-30(28)47-33(31)36(51)48-29-8-5-17-44-35(29)49-18-15-27(16-19-49)46-37(52)38(41,42)43/h2-14,17,20-22,27,47H,15-16,18-19H2,1H3,(H,46,52)(H,48,51)/t22-/m0/s1. The number of fused-ring (bicyclic) bond motifs is 1. The second-order valence-corrected chi connectivity index (χ2v) is 13.4. The van der Waals surface area contributed by atoms with Crippen molar-refractivity contribution in [2.45, 2.75) is 38.0 Å². The molecule has 0 spiro atoms. The lowest BCUT2D eigenvalue weighted by molar-refractivity contribution is -0.174. The number of anilines is 2. The van der Waals surface area contributed by atoms with E-state index >= 15 is 0 Å². The van der Waals surface area contributed by atoms with Gasteiger partial charge < -0.3 is 25.1 Å². The van der Waals surface area contributed by atoms with Crippen LogP contribution in [0.25, 0.3) is 33.4 Å². The van der Waals surface area contributed by atoms with Gasteiger partial charge in [-0.25, -0.2) is 9.97 Å². The third-order valence-corrected chi connectivity index (χ3v) is 9.74. The van der Waals surface area contributed by atoms with Gasteiger partial charge in [0.05, 0.1) is 29.4 Å². The Hall–Kier alpha value is -5.33. The number of carbonyl (C=O) groups is 2. The van der Waals surface area contributed by atoms with E-state index in [4.69, 9.17) is 28.2 Å². The van der Waals surface area contributed by atoms with Gasteiger partial charge in [-0.2, -0.15) is 13.2 Å². The summed E-state index contributed by atoms with van der Waals surface area (Å²) in [6, 6.07) is 25.3. The molecule has 52 heavy (non-hydrogen) atoms. The number of alkyl halides is 3. The zero-order chi connectivity index (χ0) is 36.6. The van der Waals surface area contributed by atoms with Crippen LogP contribution in [0.1, 0.15) is 41.9 Å². The zero-order valence-corrected chi connectivity index (χ0v) is 29.2. The Morgan fingerprint density at radius 1 is 0.923 bits per heavy atom. The summed E-state index contributed by atoms with van der Waals surface area (Å²) in [5.74, 6) is -1.94. The maximum atomic E-state index is 14.5. The Balaban J connectivity index is 1.28. The highest BCUT2D eigenvalue weighted by Gasteiger charge is 2.40. The third-order valence-electron chi connectivity index (χ3n) is 9.26. The average Bonchev–Trinajstić information content (AvgIpc) is 3.74. The molecule has 1 fully saturated rings. The lowest BCUT2D eigenvalue weighted by atomic mass is 9.99. The second kappa shape index (κ2) is 14.4. The van der Waals surface area contributed by atoms with E-state index in [0.29, 0.717) is 57.1 Å². The van der Waals surface area contributed by atoms with Crippen LogP contribution in [0.2, 0.25) is 10.0 Å². The van der Waals surface area contributed by atoms with Crippen LogP contribution in [0.3, 0.4) is 0 Å². The van der Waals surface area contributed by atoms with Crippen LogP contribution in [0.15, 0.2) is 97.5 Å². The molecule has 0 radical (unpaired) electrons. The molecular weight excluding hydrogens is 714 g/mol. The van der Waals surface area contributed by atoms with Gasteiger partial charge in [-0.15, -0.1) is 0 Å². The van der Waals surface area contributed by atoms with Crippen molar-refractivity contribution in [3.8, 4) is 22.5 Å². The first-order valence-electron chi connectivity index (χ1n) is 16.6. The molecule has 9 nitrogen and oxygen atoms in total. The van der Waals surface area contributed by atoms with Crippen molar-refractivity contribution in [3.05, 3.63) is 119 Å². The van der Waals surface area contributed by atoms with Gasteiger partial charge in [-0.05, 0) is 61.7 Å². The fraction of sp³-hybridized carbons (Fsp3) is 0.211. The highest BCUT2D eigenvalue weighted by atomic mass is 35.5. The number of halogens is 5. The first-order chi connectivity index (χ1) is 25.0.